The largest absolute Gasteiger partial charge is 0.378 e. The standard InChI is InChI=1S/C12H11ClN4O/c1-7-2-9(17-18-7)6-14-12-4-11-8(3-10(12)13)5-15-16-11/h2-5,14H,6H2,1H3,(H,15,16). The van der Waals surface area contributed by atoms with Crippen molar-refractivity contribution in [3.8, 4) is 0 Å². The van der Waals surface area contributed by atoms with E-state index in [1.165, 1.54) is 0 Å². The number of aromatic nitrogens is 3. The van der Waals surface area contributed by atoms with Gasteiger partial charge in [0.15, 0.2) is 0 Å². The van der Waals surface area contributed by atoms with Crippen LogP contribution in [-0.4, -0.2) is 15.4 Å². The van der Waals surface area contributed by atoms with Gasteiger partial charge in [0, 0.05) is 11.5 Å². The van der Waals surface area contributed by atoms with Crippen LogP contribution >= 0.6 is 11.6 Å². The second-order valence-electron chi connectivity index (χ2n) is 4.07. The summed E-state index contributed by atoms with van der Waals surface area (Å²) < 4.78 is 5.00. The second kappa shape index (κ2) is 4.34. The Morgan fingerprint density at radius 1 is 1.39 bits per heavy atom. The highest BCUT2D eigenvalue weighted by Crippen LogP contribution is 2.27. The van der Waals surface area contributed by atoms with Gasteiger partial charge < -0.3 is 9.84 Å². The molecule has 1 aromatic carbocycles. The van der Waals surface area contributed by atoms with Gasteiger partial charge in [-0.15, -0.1) is 0 Å². The molecule has 18 heavy (non-hydrogen) atoms. The lowest BCUT2D eigenvalue weighted by Gasteiger charge is -2.06. The zero-order chi connectivity index (χ0) is 12.5. The van der Waals surface area contributed by atoms with E-state index in [1.54, 1.807) is 6.20 Å². The van der Waals surface area contributed by atoms with Gasteiger partial charge in [0.2, 0.25) is 0 Å². The van der Waals surface area contributed by atoms with Crippen LogP contribution in [0.15, 0.2) is 28.9 Å². The normalized spacial score (nSPS) is 11.0. The predicted molar refractivity (Wildman–Crippen MR) is 69.7 cm³/mol. The van der Waals surface area contributed by atoms with Gasteiger partial charge in [-0.1, -0.05) is 16.8 Å². The Bertz CT molecular complexity index is 688. The number of H-pyrrole nitrogens is 1. The summed E-state index contributed by atoms with van der Waals surface area (Å²) in [5, 5.41) is 15.7. The highest BCUT2D eigenvalue weighted by atomic mass is 35.5. The lowest BCUT2D eigenvalue weighted by Crippen LogP contribution is -2.00. The Balaban J connectivity index is 1.83. The molecular weight excluding hydrogens is 252 g/mol. The number of nitrogens with one attached hydrogen (secondary N) is 2. The van der Waals surface area contributed by atoms with Crippen molar-refractivity contribution in [3.63, 3.8) is 0 Å². The van der Waals surface area contributed by atoms with E-state index in [1.807, 2.05) is 25.1 Å². The molecule has 92 valence electrons. The number of hydrogen-bond acceptors (Lipinski definition) is 4. The van der Waals surface area contributed by atoms with Crippen LogP contribution in [0.25, 0.3) is 10.9 Å². The number of benzene rings is 1. The van der Waals surface area contributed by atoms with E-state index in [2.05, 4.69) is 20.7 Å². The lowest BCUT2D eigenvalue weighted by molar-refractivity contribution is 0.391. The van der Waals surface area contributed by atoms with E-state index in [4.69, 9.17) is 16.1 Å². The fraction of sp³-hybridized carbons (Fsp3) is 0.167. The number of aromatic amines is 1. The van der Waals surface area contributed by atoms with Crippen LogP contribution in [0.1, 0.15) is 11.5 Å². The van der Waals surface area contributed by atoms with Crippen LogP contribution < -0.4 is 5.32 Å². The van der Waals surface area contributed by atoms with Crippen molar-refractivity contribution in [2.75, 3.05) is 5.32 Å². The van der Waals surface area contributed by atoms with Gasteiger partial charge in [-0.25, -0.2) is 0 Å². The third-order valence-corrected chi connectivity index (χ3v) is 2.98. The van der Waals surface area contributed by atoms with Gasteiger partial charge in [-0.2, -0.15) is 5.10 Å². The minimum absolute atomic E-state index is 0.566. The molecule has 0 fully saturated rings. The van der Waals surface area contributed by atoms with Crippen molar-refractivity contribution in [2.45, 2.75) is 13.5 Å². The van der Waals surface area contributed by atoms with Crippen LogP contribution in [0, 0.1) is 6.92 Å². The first-order valence-electron chi connectivity index (χ1n) is 5.51. The molecule has 0 saturated heterocycles. The highest BCUT2D eigenvalue weighted by Gasteiger charge is 2.06. The highest BCUT2D eigenvalue weighted by molar-refractivity contribution is 6.34. The number of rotatable bonds is 3. The summed E-state index contributed by atoms with van der Waals surface area (Å²) in [4.78, 5) is 0. The van der Waals surface area contributed by atoms with Crippen LogP contribution in [-0.2, 0) is 6.54 Å². The van der Waals surface area contributed by atoms with Gasteiger partial charge in [0.25, 0.3) is 0 Å². The first-order valence-corrected chi connectivity index (χ1v) is 5.89. The van der Waals surface area contributed by atoms with Crippen LogP contribution in [0.5, 0.6) is 0 Å². The Hall–Kier alpha value is -2.01. The summed E-state index contributed by atoms with van der Waals surface area (Å²) in [6.45, 7) is 2.43. The van der Waals surface area contributed by atoms with Gasteiger partial charge in [0.1, 0.15) is 11.5 Å². The average molecular weight is 263 g/mol. The van der Waals surface area contributed by atoms with Crippen LogP contribution in [0.4, 0.5) is 5.69 Å². The molecular formula is C12H11ClN4O. The fourth-order valence-electron chi connectivity index (χ4n) is 1.79. The SMILES string of the molecule is Cc1cc(CNc2cc3[nH]ncc3cc2Cl)no1. The first kappa shape index (κ1) is 11.1. The topological polar surface area (TPSA) is 66.7 Å². The van der Waals surface area contributed by atoms with Crippen molar-refractivity contribution < 1.29 is 4.52 Å². The number of halogens is 1. The third-order valence-electron chi connectivity index (χ3n) is 2.66. The van der Waals surface area contributed by atoms with Crippen molar-refractivity contribution in [2.24, 2.45) is 0 Å². The van der Waals surface area contributed by atoms with Crippen LogP contribution in [0.3, 0.4) is 0 Å². The van der Waals surface area contributed by atoms with E-state index >= 15 is 0 Å². The number of hydrogen-bond donors (Lipinski definition) is 2. The maximum atomic E-state index is 6.18. The molecule has 0 aliphatic heterocycles. The maximum Gasteiger partial charge on any atom is 0.133 e. The molecule has 2 N–H and O–H groups in total. The molecule has 6 heteroatoms. The molecule has 0 saturated carbocycles. The summed E-state index contributed by atoms with van der Waals surface area (Å²) >= 11 is 6.18. The molecule has 0 atom stereocenters. The molecule has 0 aliphatic carbocycles. The summed E-state index contributed by atoms with van der Waals surface area (Å²) in [6.07, 6.45) is 1.74. The second-order valence-corrected chi connectivity index (χ2v) is 4.48. The number of aryl methyl sites for hydroxylation is 1. The van der Waals surface area contributed by atoms with Gasteiger partial charge in [-0.05, 0) is 19.1 Å². The minimum atomic E-state index is 0.566. The Labute approximate surface area is 108 Å². The Morgan fingerprint density at radius 2 is 2.28 bits per heavy atom. The smallest absolute Gasteiger partial charge is 0.133 e. The summed E-state index contributed by atoms with van der Waals surface area (Å²) in [7, 11) is 0. The molecule has 2 heterocycles. The van der Waals surface area contributed by atoms with Gasteiger partial charge >= 0.3 is 0 Å². The van der Waals surface area contributed by atoms with Gasteiger partial charge in [0.05, 0.1) is 29.0 Å². The summed E-state index contributed by atoms with van der Waals surface area (Å²) in [5.41, 5.74) is 2.63. The molecule has 0 unspecified atom stereocenters. The van der Waals surface area contributed by atoms with Crippen molar-refractivity contribution in [1.82, 2.24) is 15.4 Å². The van der Waals surface area contributed by atoms with Gasteiger partial charge in [-0.3, -0.25) is 5.10 Å². The van der Waals surface area contributed by atoms with E-state index in [0.29, 0.717) is 11.6 Å². The first-order chi connectivity index (χ1) is 8.72. The molecule has 5 nitrogen and oxygen atoms in total. The molecule has 0 amide bonds. The fourth-order valence-corrected chi connectivity index (χ4v) is 2.03. The Morgan fingerprint density at radius 3 is 3.06 bits per heavy atom. The van der Waals surface area contributed by atoms with E-state index in [-0.39, 0.29) is 0 Å². The molecule has 0 spiro atoms. The van der Waals surface area contributed by atoms with Crippen molar-refractivity contribution in [1.29, 1.82) is 0 Å². The van der Waals surface area contributed by atoms with Crippen LogP contribution in [0.2, 0.25) is 5.02 Å². The maximum absolute atomic E-state index is 6.18. The average Bonchev–Trinajstić information content (AvgIpc) is 2.94. The number of anilines is 1. The molecule has 0 bridgehead atoms. The predicted octanol–water partition coefficient (Wildman–Crippen LogP) is 3.12. The summed E-state index contributed by atoms with van der Waals surface area (Å²) in [6, 6.07) is 5.68. The zero-order valence-corrected chi connectivity index (χ0v) is 10.5. The molecule has 3 aromatic rings. The summed E-state index contributed by atoms with van der Waals surface area (Å²) in [5.74, 6) is 0.793. The molecule has 0 aliphatic rings. The lowest BCUT2D eigenvalue weighted by atomic mass is 10.2. The van der Waals surface area contributed by atoms with E-state index in [9.17, 15) is 0 Å². The van der Waals surface area contributed by atoms with Crippen molar-refractivity contribution >= 4 is 28.2 Å². The number of fused-ring (bicyclic) bond motifs is 1. The van der Waals surface area contributed by atoms with Crippen molar-refractivity contribution in [3.05, 3.63) is 40.9 Å². The quantitative estimate of drug-likeness (QED) is 0.761. The molecule has 2 aromatic heterocycles. The van der Waals surface area contributed by atoms with E-state index in [0.717, 1.165) is 28.0 Å². The number of nitrogens with zero attached hydrogens (tertiary/aromatic N) is 2. The third kappa shape index (κ3) is 2.04. The molecule has 3 rings (SSSR count). The Kier molecular flexibility index (Phi) is 2.68. The monoisotopic (exact) mass is 262 g/mol. The molecule has 0 radical (unpaired) electrons. The zero-order valence-electron chi connectivity index (χ0n) is 9.70. The van der Waals surface area contributed by atoms with E-state index < -0.39 is 0 Å². The minimum Gasteiger partial charge on any atom is -0.378 e.